The van der Waals surface area contributed by atoms with Crippen molar-refractivity contribution in [1.82, 2.24) is 0 Å². The number of nitrogens with two attached hydrogens (primary N) is 1. The van der Waals surface area contributed by atoms with E-state index in [1.54, 1.807) is 0 Å². The van der Waals surface area contributed by atoms with Gasteiger partial charge in [-0.15, -0.1) is 0 Å². The summed E-state index contributed by atoms with van der Waals surface area (Å²) in [7, 11) is 0. The van der Waals surface area contributed by atoms with Crippen molar-refractivity contribution in [1.29, 1.82) is 0 Å². The SMILES string of the molecule is CCCCCCCC(N)c1cc(C)c(C)cc1Cl. The fraction of sp³-hybridized carbons (Fsp3) is 0.625. The van der Waals surface area contributed by atoms with Crippen molar-refractivity contribution in [3.63, 3.8) is 0 Å². The summed E-state index contributed by atoms with van der Waals surface area (Å²) in [4.78, 5) is 0. The van der Waals surface area contributed by atoms with Gasteiger partial charge in [0.15, 0.2) is 0 Å². The van der Waals surface area contributed by atoms with Crippen LogP contribution in [0.4, 0.5) is 0 Å². The lowest BCUT2D eigenvalue weighted by molar-refractivity contribution is 0.555. The standard InChI is InChI=1S/C16H26ClN/c1-4-5-6-7-8-9-16(18)14-10-12(2)13(3)11-15(14)17/h10-11,16H,4-9,18H2,1-3H3. The van der Waals surface area contributed by atoms with E-state index in [2.05, 4.69) is 26.8 Å². The van der Waals surface area contributed by atoms with Gasteiger partial charge in [-0.3, -0.25) is 0 Å². The minimum Gasteiger partial charge on any atom is -0.324 e. The highest BCUT2D eigenvalue weighted by Gasteiger charge is 2.11. The first-order valence-electron chi connectivity index (χ1n) is 7.08. The Hall–Kier alpha value is -0.530. The van der Waals surface area contributed by atoms with Crippen molar-refractivity contribution in [2.75, 3.05) is 0 Å². The first-order chi connectivity index (χ1) is 8.56. The summed E-state index contributed by atoms with van der Waals surface area (Å²) in [6.45, 7) is 6.44. The molecule has 1 aromatic carbocycles. The van der Waals surface area contributed by atoms with E-state index in [0.29, 0.717) is 0 Å². The Kier molecular flexibility index (Phi) is 6.73. The second-order valence-electron chi connectivity index (χ2n) is 5.27. The lowest BCUT2D eigenvalue weighted by Gasteiger charge is -2.15. The molecule has 1 nitrogen and oxygen atoms in total. The number of hydrogen-bond donors (Lipinski definition) is 1. The molecule has 0 heterocycles. The highest BCUT2D eigenvalue weighted by atomic mass is 35.5. The van der Waals surface area contributed by atoms with Crippen molar-refractivity contribution >= 4 is 11.6 Å². The van der Waals surface area contributed by atoms with Crippen LogP contribution in [0.25, 0.3) is 0 Å². The normalized spacial score (nSPS) is 12.7. The van der Waals surface area contributed by atoms with Crippen LogP contribution in [-0.4, -0.2) is 0 Å². The van der Waals surface area contributed by atoms with Crippen LogP contribution >= 0.6 is 11.6 Å². The Morgan fingerprint density at radius 2 is 1.67 bits per heavy atom. The molecule has 0 aliphatic rings. The van der Waals surface area contributed by atoms with Crippen LogP contribution in [0.1, 0.15) is 68.2 Å². The second kappa shape index (κ2) is 7.81. The summed E-state index contributed by atoms with van der Waals surface area (Å²) in [5, 5.41) is 0.819. The van der Waals surface area contributed by atoms with Gasteiger partial charge in [-0.2, -0.15) is 0 Å². The van der Waals surface area contributed by atoms with Gasteiger partial charge in [0.2, 0.25) is 0 Å². The molecule has 0 bridgehead atoms. The number of halogens is 1. The number of hydrogen-bond acceptors (Lipinski definition) is 1. The molecule has 0 fully saturated rings. The van der Waals surface area contributed by atoms with Gasteiger partial charge in [0, 0.05) is 11.1 Å². The lowest BCUT2D eigenvalue weighted by atomic mass is 9.97. The Labute approximate surface area is 117 Å². The molecule has 0 aliphatic heterocycles. The molecule has 0 spiro atoms. The van der Waals surface area contributed by atoms with Gasteiger partial charge < -0.3 is 5.73 Å². The van der Waals surface area contributed by atoms with Gasteiger partial charge in [-0.05, 0) is 43.0 Å². The molecule has 1 aromatic rings. The summed E-state index contributed by atoms with van der Waals surface area (Å²) >= 11 is 6.28. The van der Waals surface area contributed by atoms with Crippen molar-refractivity contribution < 1.29 is 0 Å². The van der Waals surface area contributed by atoms with Gasteiger partial charge in [-0.25, -0.2) is 0 Å². The predicted molar refractivity (Wildman–Crippen MR) is 81.2 cm³/mol. The molecule has 0 aliphatic carbocycles. The Morgan fingerprint density at radius 3 is 2.33 bits per heavy atom. The summed E-state index contributed by atoms with van der Waals surface area (Å²) < 4.78 is 0. The highest BCUT2D eigenvalue weighted by molar-refractivity contribution is 6.31. The molecule has 1 atom stereocenters. The molecule has 0 amide bonds. The van der Waals surface area contributed by atoms with Gasteiger partial charge in [-0.1, -0.05) is 56.7 Å². The van der Waals surface area contributed by atoms with Gasteiger partial charge >= 0.3 is 0 Å². The molecule has 0 aromatic heterocycles. The third kappa shape index (κ3) is 4.62. The molecule has 0 saturated carbocycles. The van der Waals surface area contributed by atoms with E-state index in [1.807, 2.05) is 6.07 Å². The monoisotopic (exact) mass is 267 g/mol. The van der Waals surface area contributed by atoms with Crippen LogP contribution in [0.5, 0.6) is 0 Å². The molecule has 102 valence electrons. The quantitative estimate of drug-likeness (QED) is 0.665. The van der Waals surface area contributed by atoms with Crippen molar-refractivity contribution in [3.8, 4) is 0 Å². The molecule has 2 heteroatoms. The number of unbranched alkanes of at least 4 members (excludes halogenated alkanes) is 4. The van der Waals surface area contributed by atoms with E-state index in [0.717, 1.165) is 17.0 Å². The minimum atomic E-state index is 0.0819. The lowest BCUT2D eigenvalue weighted by Crippen LogP contribution is -2.11. The molecular weight excluding hydrogens is 242 g/mol. The van der Waals surface area contributed by atoms with Crippen LogP contribution in [0.3, 0.4) is 0 Å². The molecule has 18 heavy (non-hydrogen) atoms. The summed E-state index contributed by atoms with van der Waals surface area (Å²) in [6.07, 6.45) is 7.46. The highest BCUT2D eigenvalue weighted by Crippen LogP contribution is 2.28. The maximum Gasteiger partial charge on any atom is 0.0456 e. The van der Waals surface area contributed by atoms with Crippen LogP contribution in [0.15, 0.2) is 12.1 Å². The summed E-state index contributed by atoms with van der Waals surface area (Å²) in [5.41, 5.74) is 9.86. The van der Waals surface area contributed by atoms with E-state index < -0.39 is 0 Å². The maximum atomic E-state index is 6.28. The van der Waals surface area contributed by atoms with Crippen LogP contribution in [-0.2, 0) is 0 Å². The zero-order chi connectivity index (χ0) is 13.5. The third-order valence-corrected chi connectivity index (χ3v) is 3.96. The van der Waals surface area contributed by atoms with E-state index >= 15 is 0 Å². The van der Waals surface area contributed by atoms with E-state index in [1.165, 1.54) is 43.2 Å². The van der Waals surface area contributed by atoms with Crippen LogP contribution in [0.2, 0.25) is 5.02 Å². The number of benzene rings is 1. The predicted octanol–water partition coefficient (Wildman–Crippen LogP) is 5.32. The Bertz CT molecular complexity index is 374. The molecular formula is C16H26ClN. The zero-order valence-corrected chi connectivity index (χ0v) is 12.7. The third-order valence-electron chi connectivity index (χ3n) is 3.63. The average Bonchev–Trinajstić information content (AvgIpc) is 2.33. The molecule has 2 N–H and O–H groups in total. The maximum absolute atomic E-state index is 6.28. The average molecular weight is 268 g/mol. The smallest absolute Gasteiger partial charge is 0.0456 e. The molecule has 1 rings (SSSR count). The fourth-order valence-electron chi connectivity index (χ4n) is 2.21. The molecule has 1 unspecified atom stereocenters. The number of rotatable bonds is 7. The van der Waals surface area contributed by atoms with E-state index in [9.17, 15) is 0 Å². The summed E-state index contributed by atoms with van der Waals surface area (Å²) in [5.74, 6) is 0. The van der Waals surface area contributed by atoms with Crippen LogP contribution in [0, 0.1) is 13.8 Å². The van der Waals surface area contributed by atoms with E-state index in [4.69, 9.17) is 17.3 Å². The van der Waals surface area contributed by atoms with Gasteiger partial charge in [0.05, 0.1) is 0 Å². The first kappa shape index (κ1) is 15.5. The Balaban J connectivity index is 2.51. The van der Waals surface area contributed by atoms with Crippen molar-refractivity contribution in [2.24, 2.45) is 5.73 Å². The van der Waals surface area contributed by atoms with Gasteiger partial charge in [0.1, 0.15) is 0 Å². The minimum absolute atomic E-state index is 0.0819. The zero-order valence-electron chi connectivity index (χ0n) is 11.9. The molecule has 0 saturated heterocycles. The van der Waals surface area contributed by atoms with E-state index in [-0.39, 0.29) is 6.04 Å². The topological polar surface area (TPSA) is 26.0 Å². The van der Waals surface area contributed by atoms with Crippen LogP contribution < -0.4 is 5.73 Å². The van der Waals surface area contributed by atoms with Crippen molar-refractivity contribution in [2.45, 2.75) is 65.3 Å². The first-order valence-corrected chi connectivity index (χ1v) is 7.46. The van der Waals surface area contributed by atoms with Gasteiger partial charge in [0.25, 0.3) is 0 Å². The molecule has 0 radical (unpaired) electrons. The van der Waals surface area contributed by atoms with Crippen molar-refractivity contribution in [3.05, 3.63) is 33.8 Å². The fourth-order valence-corrected chi connectivity index (χ4v) is 2.57. The summed E-state index contributed by atoms with van der Waals surface area (Å²) in [6, 6.07) is 4.26. The largest absolute Gasteiger partial charge is 0.324 e. The Morgan fingerprint density at radius 1 is 1.06 bits per heavy atom. The second-order valence-corrected chi connectivity index (χ2v) is 5.67. The number of aryl methyl sites for hydroxylation is 2.